The second-order valence-corrected chi connectivity index (χ2v) is 11.8. The van der Waals surface area contributed by atoms with Gasteiger partial charge < -0.3 is 4.90 Å². The zero-order chi connectivity index (χ0) is 26.1. The summed E-state index contributed by atoms with van der Waals surface area (Å²) in [6, 6.07) is 0. The molecule has 1 N–H and O–H groups in total. The predicted octanol–water partition coefficient (Wildman–Crippen LogP) is 11.1. The Bertz CT molecular complexity index is 311. The fourth-order valence-corrected chi connectivity index (χ4v) is 4.94. The van der Waals surface area contributed by atoms with Gasteiger partial charge in [-0.15, -0.1) is 0 Å². The maximum Gasteiger partial charge on any atom is 0.0766 e. The second-order valence-electron chi connectivity index (χ2n) is 11.8. The van der Waals surface area contributed by atoms with Crippen LogP contribution in [0.1, 0.15) is 201 Å². The van der Waals surface area contributed by atoms with Crippen LogP contribution in [0.4, 0.5) is 0 Å². The van der Waals surface area contributed by atoms with Crippen molar-refractivity contribution in [1.82, 2.24) is 0 Å². The molecule has 0 atom stereocenters. The van der Waals surface area contributed by atoms with Gasteiger partial charge in [0.2, 0.25) is 0 Å². The van der Waals surface area contributed by atoms with Gasteiger partial charge in [0.25, 0.3) is 0 Å². The van der Waals surface area contributed by atoms with Gasteiger partial charge in [-0.1, -0.05) is 188 Å². The van der Waals surface area contributed by atoms with E-state index in [1.54, 1.807) is 4.90 Å². The molecule has 0 aliphatic rings. The monoisotopic (exact) mass is 497 g/mol. The molecule has 0 rings (SSSR count). The molecular weight excluding hydrogens is 422 g/mol. The lowest BCUT2D eigenvalue weighted by molar-refractivity contribution is -0.858. The average Bonchev–Trinajstić information content (AvgIpc) is 2.85. The highest BCUT2D eigenvalue weighted by Gasteiger charge is 1.96. The molecule has 0 bridgehead atoms. The second kappa shape index (κ2) is 36.1. The first-order valence-corrected chi connectivity index (χ1v) is 17.0. The number of hydrogen-bond acceptors (Lipinski definition) is 0. The third kappa shape index (κ3) is 41.4. The normalized spacial score (nSPS) is 11.1. The summed E-state index contributed by atoms with van der Waals surface area (Å²) in [6.07, 6.45) is 40.8. The predicted molar refractivity (Wildman–Crippen MR) is 164 cm³/mol. The van der Waals surface area contributed by atoms with Crippen LogP contribution in [-0.4, -0.2) is 20.6 Å². The SMILES string of the molecule is CCCCCCCCCCCCCCCC.CCCCCCCCCCCCCCCC[NH+](C)C. The lowest BCUT2D eigenvalue weighted by atomic mass is 10.0. The van der Waals surface area contributed by atoms with E-state index in [-0.39, 0.29) is 0 Å². The minimum atomic E-state index is 1.35. The van der Waals surface area contributed by atoms with Crippen LogP contribution in [0.2, 0.25) is 0 Å². The Kier molecular flexibility index (Phi) is 38.3. The molecular formula is C34H74N+. The molecule has 0 fully saturated rings. The van der Waals surface area contributed by atoms with Gasteiger partial charge in [0.05, 0.1) is 20.6 Å². The standard InChI is InChI=1S/C18H39N.C16H34/c1-4-5-6-7-8-9-10-11-12-13-14-15-16-17-18-19(2)3;1-3-5-7-9-11-13-15-16-14-12-10-8-6-4-2/h4-18H2,1-3H3;3-16H2,1-2H3/p+1. The number of quaternary nitrogens is 1. The Balaban J connectivity index is 0. The van der Waals surface area contributed by atoms with Gasteiger partial charge in [-0.2, -0.15) is 0 Å². The van der Waals surface area contributed by atoms with Gasteiger partial charge in [0.15, 0.2) is 0 Å². The van der Waals surface area contributed by atoms with E-state index in [1.165, 1.54) is 186 Å². The summed E-state index contributed by atoms with van der Waals surface area (Å²) in [5.74, 6) is 0. The van der Waals surface area contributed by atoms with Gasteiger partial charge in [0, 0.05) is 0 Å². The van der Waals surface area contributed by atoms with E-state index in [1.807, 2.05) is 0 Å². The van der Waals surface area contributed by atoms with Crippen LogP contribution in [0.15, 0.2) is 0 Å². The van der Waals surface area contributed by atoms with E-state index in [0.29, 0.717) is 0 Å². The van der Waals surface area contributed by atoms with E-state index in [9.17, 15) is 0 Å². The first kappa shape index (κ1) is 37.1. The van der Waals surface area contributed by atoms with E-state index >= 15 is 0 Å². The highest BCUT2D eigenvalue weighted by molar-refractivity contribution is 4.50. The number of hydrogen-bond donors (Lipinski definition) is 1. The molecule has 0 saturated carbocycles. The van der Waals surface area contributed by atoms with Crippen LogP contribution in [0.25, 0.3) is 0 Å². The zero-order valence-corrected chi connectivity index (χ0v) is 26.0. The summed E-state index contributed by atoms with van der Waals surface area (Å²) in [4.78, 5) is 1.60. The molecule has 0 heterocycles. The largest absolute Gasteiger partial charge is 0.340 e. The van der Waals surface area contributed by atoms with E-state index in [2.05, 4.69) is 34.9 Å². The molecule has 0 aromatic heterocycles. The molecule has 0 aromatic rings. The van der Waals surface area contributed by atoms with Gasteiger partial charge in [-0.3, -0.25) is 0 Å². The van der Waals surface area contributed by atoms with Crippen molar-refractivity contribution in [2.24, 2.45) is 0 Å². The van der Waals surface area contributed by atoms with Gasteiger partial charge in [0.1, 0.15) is 0 Å². The minimum Gasteiger partial charge on any atom is -0.340 e. The summed E-state index contributed by atoms with van der Waals surface area (Å²) in [5, 5.41) is 0. The Labute approximate surface area is 226 Å². The molecule has 35 heavy (non-hydrogen) atoms. The lowest BCUT2D eigenvalue weighted by Crippen LogP contribution is -3.05. The van der Waals surface area contributed by atoms with Crippen LogP contribution >= 0.6 is 0 Å². The number of nitrogens with one attached hydrogen (secondary N) is 1. The molecule has 0 aliphatic heterocycles. The number of rotatable bonds is 28. The van der Waals surface area contributed by atoms with Crippen molar-refractivity contribution in [2.45, 2.75) is 201 Å². The molecule has 1 heteroatoms. The molecule has 0 unspecified atom stereocenters. The van der Waals surface area contributed by atoms with Crippen LogP contribution in [-0.2, 0) is 0 Å². The van der Waals surface area contributed by atoms with Crippen LogP contribution in [0, 0.1) is 0 Å². The molecule has 214 valence electrons. The minimum absolute atomic E-state index is 1.35. The maximum absolute atomic E-state index is 2.29. The Morgan fingerprint density at radius 1 is 0.257 bits per heavy atom. The van der Waals surface area contributed by atoms with Crippen LogP contribution in [0.3, 0.4) is 0 Å². The molecule has 0 amide bonds. The van der Waals surface area contributed by atoms with Crippen molar-refractivity contribution in [3.63, 3.8) is 0 Å². The zero-order valence-electron chi connectivity index (χ0n) is 26.0. The summed E-state index contributed by atoms with van der Waals surface area (Å²) in [6.45, 7) is 8.22. The fourth-order valence-electron chi connectivity index (χ4n) is 4.94. The van der Waals surface area contributed by atoms with Gasteiger partial charge >= 0.3 is 0 Å². The van der Waals surface area contributed by atoms with Crippen molar-refractivity contribution in [2.75, 3.05) is 20.6 Å². The van der Waals surface area contributed by atoms with Crippen molar-refractivity contribution < 1.29 is 4.90 Å². The van der Waals surface area contributed by atoms with Gasteiger partial charge in [-0.25, -0.2) is 0 Å². The highest BCUT2D eigenvalue weighted by atomic mass is 15.0. The summed E-state index contributed by atoms with van der Waals surface area (Å²) in [7, 11) is 4.50. The summed E-state index contributed by atoms with van der Waals surface area (Å²) in [5.41, 5.74) is 0. The third-order valence-corrected chi connectivity index (χ3v) is 7.49. The van der Waals surface area contributed by atoms with Crippen LogP contribution < -0.4 is 4.90 Å². The van der Waals surface area contributed by atoms with Crippen molar-refractivity contribution in [1.29, 1.82) is 0 Å². The first-order valence-electron chi connectivity index (χ1n) is 17.0. The molecule has 0 spiro atoms. The first-order chi connectivity index (χ1) is 17.2. The maximum atomic E-state index is 2.29. The molecule has 0 radical (unpaired) electrons. The Morgan fingerprint density at radius 3 is 0.600 bits per heavy atom. The quantitative estimate of drug-likeness (QED) is 0.103. The molecule has 0 aliphatic carbocycles. The van der Waals surface area contributed by atoms with E-state index in [0.717, 1.165) is 0 Å². The van der Waals surface area contributed by atoms with E-state index < -0.39 is 0 Å². The summed E-state index contributed by atoms with van der Waals surface area (Å²) >= 11 is 0. The number of unbranched alkanes of at least 4 members (excludes halogenated alkanes) is 26. The molecule has 0 saturated heterocycles. The van der Waals surface area contributed by atoms with Gasteiger partial charge in [-0.05, 0) is 12.8 Å². The lowest BCUT2D eigenvalue weighted by Gasteiger charge is -2.06. The topological polar surface area (TPSA) is 4.44 Å². The Morgan fingerprint density at radius 2 is 0.429 bits per heavy atom. The van der Waals surface area contributed by atoms with Crippen LogP contribution in [0.5, 0.6) is 0 Å². The van der Waals surface area contributed by atoms with E-state index in [4.69, 9.17) is 0 Å². The summed E-state index contributed by atoms with van der Waals surface area (Å²) < 4.78 is 0. The smallest absolute Gasteiger partial charge is 0.0766 e. The molecule has 0 aromatic carbocycles. The van der Waals surface area contributed by atoms with Crippen molar-refractivity contribution in [3.8, 4) is 0 Å². The molecule has 1 nitrogen and oxygen atoms in total. The third-order valence-electron chi connectivity index (χ3n) is 7.49. The fraction of sp³-hybridized carbons (Fsp3) is 1.00. The average molecular weight is 497 g/mol. The Hall–Kier alpha value is -0.0400. The van der Waals surface area contributed by atoms with Crippen molar-refractivity contribution in [3.05, 3.63) is 0 Å². The highest BCUT2D eigenvalue weighted by Crippen LogP contribution is 2.14. The van der Waals surface area contributed by atoms with Crippen molar-refractivity contribution >= 4 is 0 Å².